The van der Waals surface area contributed by atoms with Gasteiger partial charge in [-0.25, -0.2) is 4.79 Å². The average molecular weight is 221 g/mol. The van der Waals surface area contributed by atoms with Crippen LogP contribution < -0.4 is 0 Å². The van der Waals surface area contributed by atoms with Crippen molar-refractivity contribution in [2.24, 2.45) is 0 Å². The van der Waals surface area contributed by atoms with Crippen molar-refractivity contribution in [1.29, 1.82) is 0 Å². The van der Waals surface area contributed by atoms with E-state index in [1.807, 2.05) is 0 Å². The van der Waals surface area contributed by atoms with E-state index < -0.39 is 29.5 Å². The molecule has 0 aromatic carbocycles. The van der Waals surface area contributed by atoms with Crippen LogP contribution in [0.25, 0.3) is 0 Å². The molecule has 7 heteroatoms. The molecule has 1 aromatic heterocycles. The molecule has 0 aliphatic carbocycles. The Labute approximate surface area is 82.0 Å². The van der Waals surface area contributed by atoms with E-state index in [0.717, 1.165) is 18.3 Å². The minimum atomic E-state index is -4.78. The number of nitrogens with zero attached hydrogens (tertiary/aromatic N) is 1. The third-order valence-corrected chi connectivity index (χ3v) is 1.64. The Kier molecular flexibility index (Phi) is 2.94. The maximum absolute atomic E-state index is 12.3. The summed E-state index contributed by atoms with van der Waals surface area (Å²) in [5, 5.41) is 17.4. The van der Waals surface area contributed by atoms with Gasteiger partial charge in [-0.3, -0.25) is 4.98 Å². The summed E-state index contributed by atoms with van der Waals surface area (Å²) in [6.07, 6.45) is -6.14. The highest BCUT2D eigenvalue weighted by Crippen LogP contribution is 2.32. The molecule has 0 saturated carbocycles. The number of hydrogen-bond donors (Lipinski definition) is 2. The third-order valence-electron chi connectivity index (χ3n) is 1.64. The number of aliphatic carboxylic acids is 1. The number of carbonyl (C=O) groups is 1. The molecule has 1 heterocycles. The Hall–Kier alpha value is -1.63. The van der Waals surface area contributed by atoms with Crippen LogP contribution in [0.4, 0.5) is 13.2 Å². The van der Waals surface area contributed by atoms with E-state index in [1.165, 1.54) is 0 Å². The van der Waals surface area contributed by atoms with Crippen molar-refractivity contribution in [1.82, 2.24) is 4.98 Å². The highest BCUT2D eigenvalue weighted by atomic mass is 19.4. The number of hydrogen-bond acceptors (Lipinski definition) is 3. The van der Waals surface area contributed by atoms with Gasteiger partial charge in [0.1, 0.15) is 0 Å². The average Bonchev–Trinajstić information content (AvgIpc) is 2.15. The molecule has 0 amide bonds. The second-order valence-corrected chi connectivity index (χ2v) is 2.68. The summed E-state index contributed by atoms with van der Waals surface area (Å²) in [5.41, 5.74) is -2.16. The van der Waals surface area contributed by atoms with Crippen LogP contribution in [0.15, 0.2) is 18.3 Å². The van der Waals surface area contributed by atoms with Crippen LogP contribution in [-0.4, -0.2) is 21.2 Å². The number of carboxylic acids is 1. The first kappa shape index (κ1) is 11.4. The minimum Gasteiger partial charge on any atom is -0.479 e. The zero-order chi connectivity index (χ0) is 11.6. The van der Waals surface area contributed by atoms with Crippen molar-refractivity contribution in [2.75, 3.05) is 0 Å². The summed E-state index contributed by atoms with van der Waals surface area (Å²) in [6, 6.07) is 1.99. The first-order valence-electron chi connectivity index (χ1n) is 3.77. The largest absolute Gasteiger partial charge is 0.479 e. The van der Waals surface area contributed by atoms with Crippen molar-refractivity contribution in [3.05, 3.63) is 29.6 Å². The van der Waals surface area contributed by atoms with E-state index in [1.54, 1.807) is 0 Å². The SMILES string of the molecule is O=C(O)C(O)c1cccnc1C(F)(F)F. The predicted molar refractivity (Wildman–Crippen MR) is 41.8 cm³/mol. The fraction of sp³-hybridized carbons (Fsp3) is 0.250. The number of rotatable bonds is 2. The van der Waals surface area contributed by atoms with Gasteiger partial charge in [-0.2, -0.15) is 13.2 Å². The number of aliphatic hydroxyl groups is 1. The zero-order valence-corrected chi connectivity index (χ0v) is 7.19. The van der Waals surface area contributed by atoms with Crippen LogP contribution in [0.5, 0.6) is 0 Å². The molecule has 0 saturated heterocycles. The zero-order valence-electron chi connectivity index (χ0n) is 7.19. The second kappa shape index (κ2) is 3.85. The van der Waals surface area contributed by atoms with Crippen molar-refractivity contribution < 1.29 is 28.2 Å². The second-order valence-electron chi connectivity index (χ2n) is 2.68. The van der Waals surface area contributed by atoms with Gasteiger partial charge >= 0.3 is 12.1 Å². The summed E-state index contributed by atoms with van der Waals surface area (Å²) in [5.74, 6) is -1.76. The fourth-order valence-electron chi connectivity index (χ4n) is 1.01. The van der Waals surface area contributed by atoms with Gasteiger partial charge in [0.15, 0.2) is 11.8 Å². The van der Waals surface area contributed by atoms with Gasteiger partial charge in [0.05, 0.1) is 0 Å². The molecule has 1 unspecified atom stereocenters. The number of halogens is 3. The van der Waals surface area contributed by atoms with Gasteiger partial charge in [0.2, 0.25) is 0 Å². The van der Waals surface area contributed by atoms with Crippen LogP contribution in [-0.2, 0) is 11.0 Å². The lowest BCUT2D eigenvalue weighted by Gasteiger charge is -2.12. The van der Waals surface area contributed by atoms with Crippen LogP contribution in [0.2, 0.25) is 0 Å². The molecule has 0 aliphatic heterocycles. The van der Waals surface area contributed by atoms with Crippen molar-refractivity contribution >= 4 is 5.97 Å². The van der Waals surface area contributed by atoms with Gasteiger partial charge in [-0.1, -0.05) is 6.07 Å². The number of pyridine rings is 1. The highest BCUT2D eigenvalue weighted by molar-refractivity contribution is 5.74. The number of alkyl halides is 3. The lowest BCUT2D eigenvalue weighted by atomic mass is 10.1. The maximum Gasteiger partial charge on any atom is 0.433 e. The molecule has 0 bridgehead atoms. The Balaban J connectivity index is 3.24. The third kappa shape index (κ3) is 2.44. The van der Waals surface area contributed by atoms with E-state index in [4.69, 9.17) is 10.2 Å². The summed E-state index contributed by atoms with van der Waals surface area (Å²) in [6.45, 7) is 0. The molecule has 0 fully saturated rings. The Morgan fingerprint density at radius 1 is 1.47 bits per heavy atom. The Morgan fingerprint density at radius 2 is 2.07 bits per heavy atom. The normalized spacial score (nSPS) is 13.6. The molecule has 0 spiro atoms. The van der Waals surface area contributed by atoms with E-state index >= 15 is 0 Å². The lowest BCUT2D eigenvalue weighted by Crippen LogP contribution is -2.18. The van der Waals surface area contributed by atoms with Crippen LogP contribution in [0.3, 0.4) is 0 Å². The van der Waals surface area contributed by atoms with Crippen molar-refractivity contribution in [3.8, 4) is 0 Å². The summed E-state index contributed by atoms with van der Waals surface area (Å²) < 4.78 is 36.9. The first-order valence-corrected chi connectivity index (χ1v) is 3.77. The molecule has 1 rings (SSSR count). The summed E-state index contributed by atoms with van der Waals surface area (Å²) >= 11 is 0. The van der Waals surface area contributed by atoms with E-state index in [9.17, 15) is 18.0 Å². The molecule has 1 atom stereocenters. The molecular formula is C8H6F3NO3. The minimum absolute atomic E-state index is 0.766. The van der Waals surface area contributed by atoms with E-state index in [-0.39, 0.29) is 0 Å². The lowest BCUT2D eigenvalue weighted by molar-refractivity contribution is -0.150. The quantitative estimate of drug-likeness (QED) is 0.787. The van der Waals surface area contributed by atoms with E-state index in [0.29, 0.717) is 0 Å². The molecule has 0 radical (unpaired) electrons. The maximum atomic E-state index is 12.3. The van der Waals surface area contributed by atoms with Gasteiger partial charge in [-0.15, -0.1) is 0 Å². The number of aliphatic hydroxyl groups excluding tert-OH is 1. The van der Waals surface area contributed by atoms with Gasteiger partial charge in [0, 0.05) is 11.8 Å². The molecule has 1 aromatic rings. The van der Waals surface area contributed by atoms with Gasteiger partial charge in [-0.05, 0) is 6.07 Å². The Bertz CT molecular complexity index is 378. The number of aromatic nitrogens is 1. The topological polar surface area (TPSA) is 70.4 Å². The highest BCUT2D eigenvalue weighted by Gasteiger charge is 2.38. The molecule has 82 valence electrons. The monoisotopic (exact) mass is 221 g/mol. The van der Waals surface area contributed by atoms with Crippen LogP contribution >= 0.6 is 0 Å². The smallest absolute Gasteiger partial charge is 0.433 e. The molecule has 0 aliphatic rings. The van der Waals surface area contributed by atoms with Crippen molar-refractivity contribution in [2.45, 2.75) is 12.3 Å². The summed E-state index contributed by atoms with van der Waals surface area (Å²) in [7, 11) is 0. The fourth-order valence-corrected chi connectivity index (χ4v) is 1.01. The van der Waals surface area contributed by atoms with E-state index in [2.05, 4.69) is 4.98 Å². The summed E-state index contributed by atoms with van der Waals surface area (Å²) in [4.78, 5) is 13.3. The van der Waals surface area contributed by atoms with Crippen LogP contribution in [0.1, 0.15) is 17.4 Å². The standard InChI is InChI=1S/C8H6F3NO3/c9-8(10,11)6-4(2-1-3-12-6)5(13)7(14)15/h1-3,5,13H,(H,14,15). The Morgan fingerprint density at radius 3 is 2.53 bits per heavy atom. The van der Waals surface area contributed by atoms with Gasteiger partial charge < -0.3 is 10.2 Å². The van der Waals surface area contributed by atoms with Crippen LogP contribution in [0, 0.1) is 0 Å². The first-order chi connectivity index (χ1) is 6.84. The number of carboxylic acid groups (broad SMARTS) is 1. The molecule has 2 N–H and O–H groups in total. The van der Waals surface area contributed by atoms with Gasteiger partial charge in [0.25, 0.3) is 0 Å². The molecular weight excluding hydrogens is 215 g/mol. The molecule has 4 nitrogen and oxygen atoms in total. The van der Waals surface area contributed by atoms with Crippen molar-refractivity contribution in [3.63, 3.8) is 0 Å². The predicted octanol–water partition coefficient (Wildman–Crippen LogP) is 1.22. The molecule has 15 heavy (non-hydrogen) atoms.